The van der Waals surface area contributed by atoms with Gasteiger partial charge in [-0.05, 0) is 6.92 Å². The van der Waals surface area contributed by atoms with Gasteiger partial charge in [-0.3, -0.25) is 4.79 Å². The van der Waals surface area contributed by atoms with Crippen molar-refractivity contribution in [2.75, 3.05) is 12.3 Å². The molecule has 94 valence electrons. The van der Waals surface area contributed by atoms with Crippen molar-refractivity contribution < 1.29 is 19.8 Å². The molecule has 0 radical (unpaired) electrons. The van der Waals surface area contributed by atoms with Crippen LogP contribution in [0.5, 0.6) is 0 Å². The van der Waals surface area contributed by atoms with E-state index in [1.807, 2.05) is 20.8 Å². The van der Waals surface area contributed by atoms with Crippen LogP contribution < -0.4 is 5.32 Å². The van der Waals surface area contributed by atoms with E-state index in [0.29, 0.717) is 0 Å². The van der Waals surface area contributed by atoms with E-state index in [4.69, 9.17) is 5.11 Å². The molecule has 0 aromatic heterocycles. The van der Waals surface area contributed by atoms with Gasteiger partial charge in [0, 0.05) is 4.75 Å². The van der Waals surface area contributed by atoms with Crippen molar-refractivity contribution in [3.63, 3.8) is 0 Å². The average molecular weight is 249 g/mol. The fourth-order valence-electron chi connectivity index (χ4n) is 0.679. The molecule has 16 heavy (non-hydrogen) atoms. The fraction of sp³-hybridized carbons (Fsp3) is 0.800. The van der Waals surface area contributed by atoms with E-state index in [2.05, 4.69) is 5.32 Å². The Hall–Kier alpha value is -0.750. The minimum Gasteiger partial charge on any atom is -0.479 e. The number of carboxylic acid groups (broad SMARTS) is 1. The van der Waals surface area contributed by atoms with Crippen LogP contribution in [0.1, 0.15) is 27.7 Å². The van der Waals surface area contributed by atoms with E-state index >= 15 is 0 Å². The molecule has 0 aliphatic heterocycles. The molecule has 0 aromatic carbocycles. The Morgan fingerprint density at radius 1 is 1.25 bits per heavy atom. The minimum atomic E-state index is -1.91. The second kappa shape index (κ2) is 5.54. The first-order valence-corrected chi connectivity index (χ1v) is 5.89. The number of nitrogens with one attached hydrogen (secondary N) is 1. The first-order chi connectivity index (χ1) is 7.04. The molecule has 0 aliphatic carbocycles. The zero-order valence-corrected chi connectivity index (χ0v) is 10.8. The Labute approximate surface area is 99.6 Å². The van der Waals surface area contributed by atoms with E-state index in [1.54, 1.807) is 0 Å². The second-order valence-electron chi connectivity index (χ2n) is 4.76. The number of thioether (sulfide) groups is 1. The summed E-state index contributed by atoms with van der Waals surface area (Å²) < 4.78 is -0.0212. The number of carbonyl (C=O) groups is 2. The summed E-state index contributed by atoms with van der Waals surface area (Å²) in [6, 6.07) is 0. The molecule has 0 fully saturated rings. The lowest BCUT2D eigenvalue weighted by molar-refractivity contribution is -0.156. The summed E-state index contributed by atoms with van der Waals surface area (Å²) >= 11 is 1.46. The van der Waals surface area contributed by atoms with Crippen LogP contribution in [0.4, 0.5) is 0 Å². The number of hydrogen-bond donors (Lipinski definition) is 3. The fourth-order valence-corrected chi connectivity index (χ4v) is 1.35. The largest absolute Gasteiger partial charge is 0.479 e. The lowest BCUT2D eigenvalue weighted by atomic mass is 10.1. The molecule has 1 atom stereocenters. The van der Waals surface area contributed by atoms with E-state index in [0.717, 1.165) is 6.92 Å². The summed E-state index contributed by atoms with van der Waals surface area (Å²) in [5.41, 5.74) is -1.91. The third kappa shape index (κ3) is 6.68. The van der Waals surface area contributed by atoms with Crippen molar-refractivity contribution in [3.8, 4) is 0 Å². The van der Waals surface area contributed by atoms with Gasteiger partial charge in [-0.1, -0.05) is 20.8 Å². The summed E-state index contributed by atoms with van der Waals surface area (Å²) in [6.45, 7) is 6.81. The number of rotatable bonds is 5. The van der Waals surface area contributed by atoms with Crippen LogP contribution in [-0.2, 0) is 9.59 Å². The maximum atomic E-state index is 11.3. The molecule has 0 spiro atoms. The number of amides is 1. The van der Waals surface area contributed by atoms with Crippen LogP contribution in [0, 0.1) is 0 Å². The van der Waals surface area contributed by atoms with Crippen molar-refractivity contribution in [1.82, 2.24) is 5.32 Å². The van der Waals surface area contributed by atoms with Gasteiger partial charge < -0.3 is 15.5 Å². The molecule has 1 amide bonds. The Kier molecular flexibility index (Phi) is 5.28. The maximum Gasteiger partial charge on any atom is 0.337 e. The molecule has 0 saturated heterocycles. The standard InChI is InChI=1S/C10H19NO4S/c1-9(2,3)16-5-7(12)11-6-10(4,15)8(13)14/h15H,5-6H2,1-4H3,(H,11,12)(H,13,14). The lowest BCUT2D eigenvalue weighted by Crippen LogP contribution is -2.47. The normalized spacial score (nSPS) is 15.3. The maximum absolute atomic E-state index is 11.3. The number of aliphatic carboxylic acids is 1. The second-order valence-corrected chi connectivity index (χ2v) is 6.56. The molecule has 0 bridgehead atoms. The van der Waals surface area contributed by atoms with Gasteiger partial charge >= 0.3 is 5.97 Å². The SMILES string of the molecule is CC(C)(C)SCC(=O)NCC(C)(O)C(=O)O. The first-order valence-electron chi connectivity index (χ1n) is 4.91. The smallest absolute Gasteiger partial charge is 0.337 e. The summed E-state index contributed by atoms with van der Waals surface area (Å²) in [5, 5.41) is 20.3. The monoisotopic (exact) mass is 249 g/mol. The van der Waals surface area contributed by atoms with Crippen molar-refractivity contribution in [2.45, 2.75) is 38.0 Å². The lowest BCUT2D eigenvalue weighted by Gasteiger charge is -2.20. The van der Waals surface area contributed by atoms with Crippen molar-refractivity contribution in [1.29, 1.82) is 0 Å². The Balaban J connectivity index is 3.96. The zero-order valence-electron chi connectivity index (χ0n) is 10.0. The third-order valence-corrected chi connectivity index (χ3v) is 3.00. The van der Waals surface area contributed by atoms with Gasteiger partial charge in [-0.15, -0.1) is 11.8 Å². The summed E-state index contributed by atoms with van der Waals surface area (Å²) in [6.07, 6.45) is 0. The van der Waals surface area contributed by atoms with Crippen molar-refractivity contribution in [3.05, 3.63) is 0 Å². The summed E-state index contributed by atoms with van der Waals surface area (Å²) in [7, 11) is 0. The van der Waals surface area contributed by atoms with Crippen LogP contribution in [0.2, 0.25) is 0 Å². The van der Waals surface area contributed by atoms with Crippen LogP contribution in [0.15, 0.2) is 0 Å². The van der Waals surface area contributed by atoms with Gasteiger partial charge in [-0.25, -0.2) is 4.79 Å². The van der Waals surface area contributed by atoms with E-state index in [-0.39, 0.29) is 23.0 Å². The van der Waals surface area contributed by atoms with Crippen LogP contribution >= 0.6 is 11.8 Å². The molecule has 0 aliphatic rings. The molecule has 6 heteroatoms. The molecule has 0 rings (SSSR count). The predicted molar refractivity (Wildman–Crippen MR) is 63.5 cm³/mol. The third-order valence-electron chi connectivity index (χ3n) is 1.73. The van der Waals surface area contributed by atoms with Gasteiger partial charge in [0.25, 0.3) is 0 Å². The number of aliphatic hydroxyl groups is 1. The number of hydrogen-bond acceptors (Lipinski definition) is 4. The Bertz CT molecular complexity index is 270. The van der Waals surface area contributed by atoms with Gasteiger partial charge in [0.05, 0.1) is 12.3 Å². The van der Waals surface area contributed by atoms with Crippen molar-refractivity contribution >= 4 is 23.6 Å². The van der Waals surface area contributed by atoms with Gasteiger partial charge in [0.1, 0.15) is 0 Å². The molecule has 0 saturated carbocycles. The molecule has 3 N–H and O–H groups in total. The van der Waals surface area contributed by atoms with E-state index in [9.17, 15) is 14.7 Å². The van der Waals surface area contributed by atoms with E-state index < -0.39 is 11.6 Å². The average Bonchev–Trinajstić information content (AvgIpc) is 2.10. The Morgan fingerprint density at radius 2 is 1.75 bits per heavy atom. The highest BCUT2D eigenvalue weighted by Crippen LogP contribution is 2.22. The van der Waals surface area contributed by atoms with Crippen molar-refractivity contribution in [2.24, 2.45) is 0 Å². The first kappa shape index (κ1) is 15.2. The summed E-state index contributed by atoms with van der Waals surface area (Å²) in [5.74, 6) is -1.38. The summed E-state index contributed by atoms with van der Waals surface area (Å²) in [4.78, 5) is 21.9. The predicted octanol–water partition coefficient (Wildman–Crippen LogP) is 0.470. The highest BCUT2D eigenvalue weighted by molar-refractivity contribution is 8.01. The van der Waals surface area contributed by atoms with E-state index in [1.165, 1.54) is 11.8 Å². The Morgan fingerprint density at radius 3 is 2.12 bits per heavy atom. The topological polar surface area (TPSA) is 86.6 Å². The van der Waals surface area contributed by atoms with Gasteiger partial charge in [0.15, 0.2) is 5.60 Å². The van der Waals surface area contributed by atoms with Gasteiger partial charge in [-0.2, -0.15) is 0 Å². The highest BCUT2D eigenvalue weighted by atomic mass is 32.2. The van der Waals surface area contributed by atoms with Crippen LogP contribution in [-0.4, -0.2) is 44.7 Å². The molecular formula is C10H19NO4S. The molecular weight excluding hydrogens is 230 g/mol. The van der Waals surface area contributed by atoms with Gasteiger partial charge in [0.2, 0.25) is 5.91 Å². The highest BCUT2D eigenvalue weighted by Gasteiger charge is 2.30. The molecule has 0 aromatic rings. The molecule has 1 unspecified atom stereocenters. The molecule has 5 nitrogen and oxygen atoms in total. The quantitative estimate of drug-likeness (QED) is 0.659. The molecule has 0 heterocycles. The van der Waals surface area contributed by atoms with Crippen LogP contribution in [0.3, 0.4) is 0 Å². The number of carbonyl (C=O) groups excluding carboxylic acids is 1. The zero-order chi connectivity index (χ0) is 13.0. The number of carboxylic acids is 1. The minimum absolute atomic E-state index is 0.0212. The van der Waals surface area contributed by atoms with Crippen LogP contribution in [0.25, 0.3) is 0 Å².